The molecule has 1 fully saturated rings. The molecule has 1 saturated heterocycles. The third-order valence-electron chi connectivity index (χ3n) is 3.29. The van der Waals surface area contributed by atoms with Crippen molar-refractivity contribution < 1.29 is 4.74 Å². The Hall–Kier alpha value is -0.420. The van der Waals surface area contributed by atoms with E-state index in [1.54, 1.807) is 6.20 Å². The maximum absolute atomic E-state index is 5.94. The van der Waals surface area contributed by atoms with Gasteiger partial charge in [0, 0.05) is 24.4 Å². The van der Waals surface area contributed by atoms with E-state index < -0.39 is 0 Å². The molecule has 0 radical (unpaired) electrons. The van der Waals surface area contributed by atoms with Crippen molar-refractivity contribution in [2.24, 2.45) is 0 Å². The van der Waals surface area contributed by atoms with Crippen molar-refractivity contribution in [1.29, 1.82) is 0 Å². The average molecular weight is 304 g/mol. The lowest BCUT2D eigenvalue weighted by Crippen LogP contribution is -2.33. The number of halogens is 2. The van der Waals surface area contributed by atoms with Crippen LogP contribution >= 0.6 is 23.2 Å². The molecule has 0 spiro atoms. The summed E-state index contributed by atoms with van der Waals surface area (Å²) in [6, 6.07) is 0.666. The van der Waals surface area contributed by atoms with Crippen LogP contribution < -0.4 is 5.32 Å². The van der Waals surface area contributed by atoms with Gasteiger partial charge in [-0.3, -0.25) is 0 Å². The minimum atomic E-state index is 0.164. The summed E-state index contributed by atoms with van der Waals surface area (Å²) in [6.45, 7) is 2.33. The summed E-state index contributed by atoms with van der Waals surface area (Å²) in [5, 5.41) is 4.07. The SMILES string of the molecule is Clc1ncc(COCCC[C@@H]2CCCCN2)c(Cl)n1. The molecule has 1 N–H and O–H groups in total. The second-order valence-corrected chi connectivity index (χ2v) is 5.49. The Morgan fingerprint density at radius 2 is 2.26 bits per heavy atom. The molecule has 19 heavy (non-hydrogen) atoms. The van der Waals surface area contributed by atoms with Crippen molar-refractivity contribution in [3.63, 3.8) is 0 Å². The van der Waals surface area contributed by atoms with Crippen molar-refractivity contribution >= 4 is 23.2 Å². The third-order valence-corrected chi connectivity index (χ3v) is 3.80. The van der Waals surface area contributed by atoms with Crippen LogP contribution in [0.25, 0.3) is 0 Å². The lowest BCUT2D eigenvalue weighted by Gasteiger charge is -2.23. The van der Waals surface area contributed by atoms with Crippen LogP contribution in [0.2, 0.25) is 10.4 Å². The molecule has 1 atom stereocenters. The predicted octanol–water partition coefficient (Wildman–Crippen LogP) is 3.22. The van der Waals surface area contributed by atoms with E-state index in [1.807, 2.05) is 0 Å². The number of nitrogens with zero attached hydrogens (tertiary/aromatic N) is 2. The molecule has 0 aliphatic carbocycles. The third kappa shape index (κ3) is 5.22. The fourth-order valence-corrected chi connectivity index (χ4v) is 2.61. The molecule has 2 rings (SSSR count). The highest BCUT2D eigenvalue weighted by Gasteiger charge is 2.11. The van der Waals surface area contributed by atoms with Crippen LogP contribution in [0, 0.1) is 0 Å². The molecular formula is C13H19Cl2N3O. The monoisotopic (exact) mass is 303 g/mol. The standard InChI is InChI=1S/C13H19Cl2N3O/c14-12-10(8-17-13(15)18-12)9-19-7-3-5-11-4-1-2-6-16-11/h8,11,16H,1-7,9H2/t11-/m0/s1. The quantitative estimate of drug-likeness (QED) is 0.498. The molecule has 1 aromatic rings. The van der Waals surface area contributed by atoms with Crippen LogP contribution in [0.15, 0.2) is 6.20 Å². The minimum Gasteiger partial charge on any atom is -0.377 e. The molecule has 106 valence electrons. The van der Waals surface area contributed by atoms with Gasteiger partial charge in [0.25, 0.3) is 0 Å². The summed E-state index contributed by atoms with van der Waals surface area (Å²) in [7, 11) is 0. The van der Waals surface area contributed by atoms with E-state index in [0.717, 1.165) is 25.1 Å². The lowest BCUT2D eigenvalue weighted by atomic mass is 10.0. The predicted molar refractivity (Wildman–Crippen MR) is 76.6 cm³/mol. The second-order valence-electron chi connectivity index (χ2n) is 4.80. The minimum absolute atomic E-state index is 0.164. The molecule has 0 bridgehead atoms. The summed E-state index contributed by atoms with van der Waals surface area (Å²) >= 11 is 11.6. The highest BCUT2D eigenvalue weighted by atomic mass is 35.5. The summed E-state index contributed by atoms with van der Waals surface area (Å²) < 4.78 is 5.60. The van der Waals surface area contributed by atoms with Gasteiger partial charge in [0.05, 0.1) is 6.61 Å². The smallest absolute Gasteiger partial charge is 0.223 e. The zero-order valence-electron chi connectivity index (χ0n) is 10.9. The van der Waals surface area contributed by atoms with Crippen LogP contribution in [0.3, 0.4) is 0 Å². The van der Waals surface area contributed by atoms with E-state index in [2.05, 4.69) is 15.3 Å². The van der Waals surface area contributed by atoms with Gasteiger partial charge in [-0.25, -0.2) is 9.97 Å². The van der Waals surface area contributed by atoms with Gasteiger partial charge < -0.3 is 10.1 Å². The Kier molecular flexibility index (Phi) is 6.31. The van der Waals surface area contributed by atoms with E-state index in [4.69, 9.17) is 27.9 Å². The van der Waals surface area contributed by atoms with Gasteiger partial charge >= 0.3 is 0 Å². The Labute approximate surface area is 123 Å². The molecule has 0 amide bonds. The first-order chi connectivity index (χ1) is 9.25. The van der Waals surface area contributed by atoms with E-state index in [9.17, 15) is 0 Å². The first-order valence-corrected chi connectivity index (χ1v) is 7.49. The number of hydrogen-bond donors (Lipinski definition) is 1. The summed E-state index contributed by atoms with van der Waals surface area (Å²) in [5.74, 6) is 0. The van der Waals surface area contributed by atoms with Crippen LogP contribution in [0.5, 0.6) is 0 Å². The van der Waals surface area contributed by atoms with Gasteiger partial charge in [-0.15, -0.1) is 0 Å². The molecular weight excluding hydrogens is 285 g/mol. The van der Waals surface area contributed by atoms with Gasteiger partial charge in [0.1, 0.15) is 5.15 Å². The largest absolute Gasteiger partial charge is 0.377 e. The Morgan fingerprint density at radius 1 is 1.37 bits per heavy atom. The Bertz CT molecular complexity index is 397. The number of rotatable bonds is 6. The molecule has 2 heterocycles. The van der Waals surface area contributed by atoms with Crippen LogP contribution in [0.1, 0.15) is 37.7 Å². The summed E-state index contributed by atoms with van der Waals surface area (Å²) in [5.41, 5.74) is 0.779. The second kappa shape index (κ2) is 8.00. The molecule has 4 nitrogen and oxygen atoms in total. The number of piperidine rings is 1. The maximum Gasteiger partial charge on any atom is 0.223 e. The Morgan fingerprint density at radius 3 is 3.00 bits per heavy atom. The highest BCUT2D eigenvalue weighted by Crippen LogP contribution is 2.16. The van der Waals surface area contributed by atoms with Crippen molar-refractivity contribution in [2.75, 3.05) is 13.2 Å². The molecule has 0 aromatic carbocycles. The van der Waals surface area contributed by atoms with Crippen molar-refractivity contribution in [1.82, 2.24) is 15.3 Å². The van der Waals surface area contributed by atoms with E-state index >= 15 is 0 Å². The van der Waals surface area contributed by atoms with Crippen LogP contribution in [-0.4, -0.2) is 29.2 Å². The maximum atomic E-state index is 5.94. The van der Waals surface area contributed by atoms with Gasteiger partial charge in [0.2, 0.25) is 5.28 Å². The summed E-state index contributed by atoms with van der Waals surface area (Å²) in [6.07, 6.45) is 7.78. The van der Waals surface area contributed by atoms with Crippen LogP contribution in [-0.2, 0) is 11.3 Å². The fraction of sp³-hybridized carbons (Fsp3) is 0.692. The van der Waals surface area contributed by atoms with Gasteiger partial charge in [-0.2, -0.15) is 0 Å². The molecule has 0 unspecified atom stereocenters. The van der Waals surface area contributed by atoms with Crippen molar-refractivity contribution in [2.45, 2.75) is 44.8 Å². The lowest BCUT2D eigenvalue weighted by molar-refractivity contribution is 0.114. The fourth-order valence-electron chi connectivity index (χ4n) is 2.25. The zero-order chi connectivity index (χ0) is 13.5. The molecule has 6 heteroatoms. The number of ether oxygens (including phenoxy) is 1. The first-order valence-electron chi connectivity index (χ1n) is 6.74. The van der Waals surface area contributed by atoms with Gasteiger partial charge in [-0.05, 0) is 43.8 Å². The summed E-state index contributed by atoms with van der Waals surface area (Å²) in [4.78, 5) is 7.77. The van der Waals surface area contributed by atoms with E-state index in [-0.39, 0.29) is 5.28 Å². The normalized spacial score (nSPS) is 19.6. The molecule has 0 saturated carbocycles. The van der Waals surface area contributed by atoms with Gasteiger partial charge in [0.15, 0.2) is 0 Å². The molecule has 1 aromatic heterocycles. The number of nitrogens with one attached hydrogen (secondary N) is 1. The first kappa shape index (κ1) is 15.0. The average Bonchev–Trinajstić information content (AvgIpc) is 2.42. The topological polar surface area (TPSA) is 47.0 Å². The van der Waals surface area contributed by atoms with Gasteiger partial charge in [-0.1, -0.05) is 18.0 Å². The zero-order valence-corrected chi connectivity index (χ0v) is 12.4. The van der Waals surface area contributed by atoms with E-state index in [0.29, 0.717) is 17.8 Å². The van der Waals surface area contributed by atoms with Crippen LogP contribution in [0.4, 0.5) is 0 Å². The molecule has 1 aliphatic heterocycles. The number of hydrogen-bond acceptors (Lipinski definition) is 4. The van der Waals surface area contributed by atoms with E-state index in [1.165, 1.54) is 25.7 Å². The van der Waals surface area contributed by atoms with Crippen molar-refractivity contribution in [3.05, 3.63) is 22.2 Å². The van der Waals surface area contributed by atoms with Crippen molar-refractivity contribution in [3.8, 4) is 0 Å². The highest BCUT2D eigenvalue weighted by molar-refractivity contribution is 6.32. The molecule has 1 aliphatic rings. The number of aromatic nitrogens is 2. The Balaban J connectivity index is 1.61.